The van der Waals surface area contributed by atoms with Crippen LogP contribution in [-0.4, -0.2) is 24.9 Å². The van der Waals surface area contributed by atoms with Crippen molar-refractivity contribution in [3.8, 4) is 17.2 Å². The number of non-ortho nitro benzene ring substituents is 1. The van der Waals surface area contributed by atoms with Gasteiger partial charge in [-0.2, -0.15) is 0 Å². The summed E-state index contributed by atoms with van der Waals surface area (Å²) in [6.45, 7) is 0.117. The summed E-state index contributed by atoms with van der Waals surface area (Å²) in [5.41, 5.74) is 1.89. The topological polar surface area (TPSA) is 87.9 Å². The van der Waals surface area contributed by atoms with Crippen molar-refractivity contribution in [2.24, 2.45) is 0 Å². The maximum absolute atomic E-state index is 12.5. The van der Waals surface area contributed by atoms with E-state index < -0.39 is 4.92 Å². The van der Waals surface area contributed by atoms with Gasteiger partial charge >= 0.3 is 0 Å². The molecular formula is C24H20ClNO6. The molecule has 3 aromatic carbocycles. The Morgan fingerprint density at radius 1 is 1.03 bits per heavy atom. The van der Waals surface area contributed by atoms with E-state index in [2.05, 4.69) is 0 Å². The first-order valence-electron chi connectivity index (χ1n) is 9.51. The van der Waals surface area contributed by atoms with E-state index in [1.807, 2.05) is 12.1 Å². The Morgan fingerprint density at radius 2 is 1.81 bits per heavy atom. The van der Waals surface area contributed by atoms with Gasteiger partial charge in [-0.25, -0.2) is 0 Å². The van der Waals surface area contributed by atoms with Gasteiger partial charge in [0.05, 0.1) is 24.2 Å². The van der Waals surface area contributed by atoms with Crippen LogP contribution in [0, 0.1) is 10.1 Å². The smallest absolute Gasteiger partial charge is 0.271 e. The molecule has 3 aromatic rings. The lowest BCUT2D eigenvalue weighted by Crippen LogP contribution is -2.00. The summed E-state index contributed by atoms with van der Waals surface area (Å²) in [6, 6.07) is 16.3. The number of nitrogens with zero attached hydrogens (tertiary/aromatic N) is 1. The zero-order valence-electron chi connectivity index (χ0n) is 17.4. The molecule has 3 rings (SSSR count). The molecule has 164 valence electrons. The van der Waals surface area contributed by atoms with Gasteiger partial charge in [0.2, 0.25) is 0 Å². The minimum absolute atomic E-state index is 0.117. The quantitative estimate of drug-likeness (QED) is 0.178. The Hall–Kier alpha value is -3.84. The molecule has 0 aliphatic rings. The second kappa shape index (κ2) is 10.5. The number of carbonyl (C=O) groups excluding carboxylic acids is 1. The molecule has 0 fully saturated rings. The number of nitro benzene ring substituents is 1. The van der Waals surface area contributed by atoms with Crippen molar-refractivity contribution in [2.75, 3.05) is 14.2 Å². The fraction of sp³-hybridized carbons (Fsp3) is 0.125. The number of hydrogen-bond donors (Lipinski definition) is 0. The number of nitro groups is 1. The minimum atomic E-state index is -0.526. The highest BCUT2D eigenvalue weighted by atomic mass is 35.5. The zero-order valence-corrected chi connectivity index (χ0v) is 18.2. The van der Waals surface area contributed by atoms with Crippen LogP contribution in [0.2, 0.25) is 5.02 Å². The number of ether oxygens (including phenoxy) is 3. The van der Waals surface area contributed by atoms with Crippen molar-refractivity contribution in [1.29, 1.82) is 0 Å². The lowest BCUT2D eigenvalue weighted by atomic mass is 10.1. The summed E-state index contributed by atoms with van der Waals surface area (Å²) < 4.78 is 16.3. The molecule has 0 N–H and O–H groups in total. The van der Waals surface area contributed by atoms with Gasteiger partial charge in [0.25, 0.3) is 5.69 Å². The van der Waals surface area contributed by atoms with E-state index in [0.29, 0.717) is 22.8 Å². The molecule has 7 nitrogen and oxygen atoms in total. The van der Waals surface area contributed by atoms with Crippen LogP contribution in [0.1, 0.15) is 21.5 Å². The van der Waals surface area contributed by atoms with Crippen molar-refractivity contribution in [3.05, 3.63) is 98.6 Å². The van der Waals surface area contributed by atoms with Gasteiger partial charge in [0, 0.05) is 23.3 Å². The maximum atomic E-state index is 12.5. The number of rotatable bonds is 9. The predicted molar refractivity (Wildman–Crippen MR) is 122 cm³/mol. The molecule has 0 heterocycles. The van der Waals surface area contributed by atoms with Gasteiger partial charge in [0.15, 0.2) is 5.78 Å². The summed E-state index contributed by atoms with van der Waals surface area (Å²) in [6.07, 6.45) is 3.18. The van der Waals surface area contributed by atoms with Gasteiger partial charge in [-0.3, -0.25) is 14.9 Å². The molecule has 0 atom stereocenters. The highest BCUT2D eigenvalue weighted by molar-refractivity contribution is 6.32. The van der Waals surface area contributed by atoms with Crippen LogP contribution in [-0.2, 0) is 6.61 Å². The third-order valence-electron chi connectivity index (χ3n) is 4.60. The summed E-state index contributed by atoms with van der Waals surface area (Å²) in [7, 11) is 3.09. The van der Waals surface area contributed by atoms with E-state index in [9.17, 15) is 14.9 Å². The molecule has 0 radical (unpaired) electrons. The van der Waals surface area contributed by atoms with Crippen molar-refractivity contribution < 1.29 is 23.9 Å². The van der Waals surface area contributed by atoms with E-state index in [-0.39, 0.29) is 23.1 Å². The Morgan fingerprint density at radius 3 is 2.50 bits per heavy atom. The third kappa shape index (κ3) is 5.65. The standard InChI is InChI=1S/C24H20ClNO6/c1-30-20-5-3-4-17(13-20)22(27)9-6-16-7-10-23(31-2)18(12-16)15-32-24-11-8-19(26(28)29)14-21(24)25/h3-14H,15H2,1-2H3/b9-6+. The van der Waals surface area contributed by atoms with Crippen LogP contribution in [0.4, 0.5) is 5.69 Å². The van der Waals surface area contributed by atoms with Crippen molar-refractivity contribution in [2.45, 2.75) is 6.61 Å². The number of benzene rings is 3. The molecule has 0 spiro atoms. The number of halogens is 1. The molecule has 0 unspecified atom stereocenters. The molecule has 0 bridgehead atoms. The lowest BCUT2D eigenvalue weighted by molar-refractivity contribution is -0.384. The summed E-state index contributed by atoms with van der Waals surface area (Å²) in [5.74, 6) is 1.36. The average Bonchev–Trinajstić information content (AvgIpc) is 2.81. The summed E-state index contributed by atoms with van der Waals surface area (Å²) >= 11 is 6.09. The lowest BCUT2D eigenvalue weighted by Gasteiger charge is -2.12. The normalized spacial score (nSPS) is 10.7. The second-order valence-corrected chi connectivity index (χ2v) is 7.07. The molecule has 8 heteroatoms. The largest absolute Gasteiger partial charge is 0.497 e. The van der Waals surface area contributed by atoms with E-state index in [4.69, 9.17) is 25.8 Å². The minimum Gasteiger partial charge on any atom is -0.497 e. The SMILES string of the molecule is COc1cccc(C(=O)/C=C/c2ccc(OC)c(COc3ccc([N+](=O)[O-])cc3Cl)c2)c1. The molecule has 0 aliphatic heterocycles. The van der Waals surface area contributed by atoms with Gasteiger partial charge in [-0.05, 0) is 42.0 Å². The van der Waals surface area contributed by atoms with Gasteiger partial charge in [-0.1, -0.05) is 35.9 Å². The van der Waals surface area contributed by atoms with Gasteiger partial charge in [-0.15, -0.1) is 0 Å². The van der Waals surface area contributed by atoms with E-state index >= 15 is 0 Å². The van der Waals surface area contributed by atoms with Crippen molar-refractivity contribution in [3.63, 3.8) is 0 Å². The Balaban J connectivity index is 1.76. The fourth-order valence-electron chi connectivity index (χ4n) is 2.94. The molecule has 0 amide bonds. The van der Waals surface area contributed by atoms with E-state index in [1.165, 1.54) is 24.3 Å². The maximum Gasteiger partial charge on any atom is 0.271 e. The number of allylic oxidation sites excluding steroid dienone is 1. The third-order valence-corrected chi connectivity index (χ3v) is 4.89. The number of hydrogen-bond acceptors (Lipinski definition) is 6. The van der Waals surface area contributed by atoms with Crippen LogP contribution >= 0.6 is 11.6 Å². The molecule has 0 aliphatic carbocycles. The first kappa shape index (κ1) is 22.8. The van der Waals surface area contributed by atoms with E-state index in [1.54, 1.807) is 50.6 Å². The molecule has 0 aromatic heterocycles. The van der Waals surface area contributed by atoms with Crippen LogP contribution in [0.5, 0.6) is 17.2 Å². The highest BCUT2D eigenvalue weighted by Gasteiger charge is 2.12. The number of carbonyl (C=O) groups is 1. The van der Waals surface area contributed by atoms with Crippen molar-refractivity contribution >= 4 is 29.1 Å². The summed E-state index contributed by atoms with van der Waals surface area (Å²) in [5, 5.41) is 11.0. The summed E-state index contributed by atoms with van der Waals surface area (Å²) in [4.78, 5) is 22.8. The first-order chi connectivity index (χ1) is 15.4. The van der Waals surface area contributed by atoms with Gasteiger partial charge < -0.3 is 14.2 Å². The predicted octanol–water partition coefficient (Wildman–Crippen LogP) is 5.74. The molecule has 32 heavy (non-hydrogen) atoms. The van der Waals surface area contributed by atoms with Gasteiger partial charge in [0.1, 0.15) is 23.9 Å². The monoisotopic (exact) mass is 453 g/mol. The van der Waals surface area contributed by atoms with Crippen LogP contribution in [0.15, 0.2) is 66.7 Å². The van der Waals surface area contributed by atoms with Crippen molar-refractivity contribution in [1.82, 2.24) is 0 Å². The average molecular weight is 454 g/mol. The Labute approximate surface area is 190 Å². The van der Waals surface area contributed by atoms with Crippen LogP contribution in [0.3, 0.4) is 0 Å². The molecule has 0 saturated carbocycles. The Bertz CT molecular complexity index is 1170. The first-order valence-corrected chi connectivity index (χ1v) is 9.89. The van der Waals surface area contributed by atoms with E-state index in [0.717, 1.165) is 11.1 Å². The van der Waals surface area contributed by atoms with Crippen LogP contribution in [0.25, 0.3) is 6.08 Å². The Kier molecular flexibility index (Phi) is 7.46. The fourth-order valence-corrected chi connectivity index (χ4v) is 3.16. The zero-order chi connectivity index (χ0) is 23.1. The highest BCUT2D eigenvalue weighted by Crippen LogP contribution is 2.30. The molecular weight excluding hydrogens is 434 g/mol. The number of ketones is 1. The molecule has 0 saturated heterocycles. The number of methoxy groups -OCH3 is 2. The second-order valence-electron chi connectivity index (χ2n) is 6.66. The van der Waals surface area contributed by atoms with Crippen LogP contribution < -0.4 is 14.2 Å².